The average Bonchev–Trinajstić information content (AvgIpc) is 3.98. The van der Waals surface area contributed by atoms with Gasteiger partial charge in [0.2, 0.25) is 0 Å². The maximum Gasteiger partial charge on any atom is 0.0970 e. The van der Waals surface area contributed by atoms with Crippen LogP contribution in [-0.4, -0.2) is 19.1 Å². The van der Waals surface area contributed by atoms with Gasteiger partial charge in [0.15, 0.2) is 0 Å². The third-order valence-corrected chi connectivity index (χ3v) is 14.5. The fourth-order valence-corrected chi connectivity index (χ4v) is 11.2. The Labute approximate surface area is 422 Å². The molecule has 0 aliphatic rings. The van der Waals surface area contributed by atoms with Gasteiger partial charge in [-0.05, 0) is 151 Å². The highest BCUT2D eigenvalue weighted by Crippen LogP contribution is 2.45. The minimum absolute atomic E-state index is 0.885. The van der Waals surface area contributed by atoms with E-state index in [9.17, 15) is 0 Å². The van der Waals surface area contributed by atoms with Gasteiger partial charge in [0.1, 0.15) is 0 Å². The third kappa shape index (κ3) is 6.95. The molecule has 6 heteroatoms. The minimum Gasteiger partial charge on any atom is -0.310 e. The zero-order chi connectivity index (χ0) is 48.4. The van der Waals surface area contributed by atoms with Crippen LogP contribution in [0.2, 0.25) is 0 Å². The highest BCUT2D eigenvalue weighted by Gasteiger charge is 2.24. The van der Waals surface area contributed by atoms with Crippen molar-refractivity contribution in [3.8, 4) is 22.5 Å². The Balaban J connectivity index is 1.05. The van der Waals surface area contributed by atoms with E-state index in [1.165, 1.54) is 21.5 Å². The van der Waals surface area contributed by atoms with Crippen molar-refractivity contribution in [3.63, 3.8) is 0 Å². The molecule has 0 aliphatic carbocycles. The molecule has 0 unspecified atom stereocenters. The van der Waals surface area contributed by atoms with Crippen molar-refractivity contribution < 1.29 is 0 Å². The molecule has 0 bridgehead atoms. The van der Waals surface area contributed by atoms with E-state index in [1.54, 1.807) is 0 Å². The van der Waals surface area contributed by atoms with Crippen molar-refractivity contribution in [3.05, 3.63) is 267 Å². The van der Waals surface area contributed by atoms with Crippen molar-refractivity contribution in [2.24, 2.45) is 0 Å². The van der Waals surface area contributed by atoms with Crippen LogP contribution in [0.5, 0.6) is 0 Å². The number of rotatable bonds is 9. The van der Waals surface area contributed by atoms with E-state index in [0.717, 1.165) is 106 Å². The quantitative estimate of drug-likeness (QED) is 0.135. The number of fused-ring (bicyclic) bond motifs is 9. The van der Waals surface area contributed by atoms with Crippen molar-refractivity contribution in [2.75, 3.05) is 9.80 Å². The molecule has 73 heavy (non-hydrogen) atoms. The first-order chi connectivity index (χ1) is 36.2. The zero-order valence-corrected chi connectivity index (χ0v) is 40.0. The second kappa shape index (κ2) is 17.3. The molecule has 0 spiro atoms. The molecular formula is C67H46N6. The molecule has 0 amide bonds. The van der Waals surface area contributed by atoms with Crippen LogP contribution in [0, 0.1) is 6.92 Å². The molecule has 0 N–H and O–H groups in total. The Bertz CT molecular complexity index is 4090. The lowest BCUT2D eigenvalue weighted by Crippen LogP contribution is -2.09. The van der Waals surface area contributed by atoms with E-state index >= 15 is 0 Å². The Morgan fingerprint density at radius 2 is 0.712 bits per heavy atom. The fraction of sp³-hybridized carbons (Fsp3) is 0.0149. The van der Waals surface area contributed by atoms with E-state index in [1.807, 2.05) is 24.5 Å². The van der Waals surface area contributed by atoms with E-state index < -0.39 is 0 Å². The van der Waals surface area contributed by atoms with Crippen LogP contribution in [0.3, 0.4) is 0 Å². The largest absolute Gasteiger partial charge is 0.310 e. The van der Waals surface area contributed by atoms with Gasteiger partial charge in [-0.3, -0.25) is 9.97 Å². The Kier molecular flexibility index (Phi) is 9.96. The SMILES string of the molecule is Cc1c(-n2c3ccccc3c3cc(N(c4ccccc4)c4ccccc4)ccc32)cc(-c2cc3cccnc3c3ncccc23)cc1-n1c2ccccc2c2cc(N(c3ccccc3)c3ccccc3)ccc21. The Morgan fingerprint density at radius 3 is 1.19 bits per heavy atom. The summed E-state index contributed by atoms with van der Waals surface area (Å²) in [5.41, 5.74) is 18.4. The minimum atomic E-state index is 0.885. The average molecular weight is 935 g/mol. The standard InChI is InChI=1S/C67H46N6/c1-45-64(72-60-32-16-14-29-54(60)58-43-52(34-36-62(58)72)70(48-21-6-2-7-22-48)49-23-8-3-9-24-49)41-47(57-40-46-20-18-38-68-66(46)67-56(57)31-19-39-69-67)42-65(45)73-61-33-17-15-30-55(61)59-44-53(35-37-63(59)73)71(50-25-10-4-11-26-50)51-27-12-5-13-28-51/h2-44H,1H3. The summed E-state index contributed by atoms with van der Waals surface area (Å²) in [6.45, 7) is 2.29. The first-order valence-corrected chi connectivity index (χ1v) is 24.8. The molecule has 0 atom stereocenters. The summed E-state index contributed by atoms with van der Waals surface area (Å²) in [6, 6.07) is 89.6. The molecule has 0 saturated heterocycles. The van der Waals surface area contributed by atoms with Gasteiger partial charge in [0.05, 0.1) is 44.5 Å². The van der Waals surface area contributed by atoms with Gasteiger partial charge >= 0.3 is 0 Å². The second-order valence-corrected chi connectivity index (χ2v) is 18.7. The zero-order valence-electron chi connectivity index (χ0n) is 40.0. The van der Waals surface area contributed by atoms with Gasteiger partial charge in [-0.15, -0.1) is 0 Å². The van der Waals surface area contributed by atoms with Gasteiger partial charge in [0.25, 0.3) is 0 Å². The van der Waals surface area contributed by atoms with E-state index in [4.69, 9.17) is 9.97 Å². The smallest absolute Gasteiger partial charge is 0.0970 e. The molecule has 10 aromatic carbocycles. The maximum atomic E-state index is 4.97. The number of para-hydroxylation sites is 6. The van der Waals surface area contributed by atoms with E-state index in [2.05, 4.69) is 262 Å². The number of hydrogen-bond donors (Lipinski definition) is 0. The predicted molar refractivity (Wildman–Crippen MR) is 305 cm³/mol. The summed E-state index contributed by atoms with van der Waals surface area (Å²) in [5.74, 6) is 0. The summed E-state index contributed by atoms with van der Waals surface area (Å²) in [7, 11) is 0. The number of hydrogen-bond acceptors (Lipinski definition) is 4. The van der Waals surface area contributed by atoms with Crippen LogP contribution in [-0.2, 0) is 0 Å². The van der Waals surface area contributed by atoms with Crippen molar-refractivity contribution in [1.29, 1.82) is 0 Å². The van der Waals surface area contributed by atoms with Gasteiger partial charge in [-0.25, -0.2) is 0 Å². The van der Waals surface area contributed by atoms with Crippen LogP contribution in [0.1, 0.15) is 5.56 Å². The van der Waals surface area contributed by atoms with Crippen molar-refractivity contribution >= 4 is 99.5 Å². The highest BCUT2D eigenvalue weighted by molar-refractivity contribution is 6.14. The number of pyridine rings is 2. The number of anilines is 6. The predicted octanol–water partition coefficient (Wildman–Crippen LogP) is 17.9. The lowest BCUT2D eigenvalue weighted by atomic mass is 9.95. The summed E-state index contributed by atoms with van der Waals surface area (Å²) in [4.78, 5) is 14.5. The number of nitrogens with zero attached hydrogens (tertiary/aromatic N) is 6. The molecule has 14 rings (SSSR count). The molecule has 0 saturated carbocycles. The fourth-order valence-electron chi connectivity index (χ4n) is 11.2. The summed E-state index contributed by atoms with van der Waals surface area (Å²) in [5, 5.41) is 6.82. The van der Waals surface area contributed by atoms with Gasteiger partial charge in [-0.1, -0.05) is 121 Å². The van der Waals surface area contributed by atoms with Gasteiger partial charge in [0, 0.05) is 78.8 Å². The molecule has 6 nitrogen and oxygen atoms in total. The van der Waals surface area contributed by atoms with Crippen LogP contribution in [0.25, 0.3) is 87.9 Å². The Hall–Kier alpha value is -9.78. The van der Waals surface area contributed by atoms with Crippen molar-refractivity contribution in [2.45, 2.75) is 6.92 Å². The second-order valence-electron chi connectivity index (χ2n) is 18.7. The normalized spacial score (nSPS) is 11.6. The first kappa shape index (κ1) is 42.1. The summed E-state index contributed by atoms with van der Waals surface area (Å²) >= 11 is 0. The lowest BCUT2D eigenvalue weighted by molar-refractivity contribution is 1.10. The molecule has 0 aliphatic heterocycles. The molecule has 14 aromatic rings. The number of aromatic nitrogens is 4. The van der Waals surface area contributed by atoms with E-state index in [-0.39, 0.29) is 0 Å². The van der Waals surface area contributed by atoms with Crippen molar-refractivity contribution in [1.82, 2.24) is 19.1 Å². The van der Waals surface area contributed by atoms with Crippen LogP contribution in [0.15, 0.2) is 261 Å². The highest BCUT2D eigenvalue weighted by atomic mass is 15.1. The number of benzene rings is 10. The summed E-state index contributed by atoms with van der Waals surface area (Å²) < 4.78 is 4.97. The Morgan fingerprint density at radius 1 is 0.315 bits per heavy atom. The topological polar surface area (TPSA) is 42.1 Å². The van der Waals surface area contributed by atoms with Gasteiger partial charge in [-0.2, -0.15) is 0 Å². The lowest BCUT2D eigenvalue weighted by Gasteiger charge is -2.26. The molecule has 344 valence electrons. The van der Waals surface area contributed by atoms with Crippen LogP contribution in [0.4, 0.5) is 34.1 Å². The molecule has 4 heterocycles. The van der Waals surface area contributed by atoms with Crippen LogP contribution >= 0.6 is 0 Å². The molecule has 0 fully saturated rings. The third-order valence-electron chi connectivity index (χ3n) is 14.5. The molecule has 0 radical (unpaired) electrons. The first-order valence-electron chi connectivity index (χ1n) is 24.8. The van der Waals surface area contributed by atoms with Gasteiger partial charge < -0.3 is 18.9 Å². The van der Waals surface area contributed by atoms with Crippen LogP contribution < -0.4 is 9.80 Å². The molecular weight excluding hydrogens is 889 g/mol. The summed E-state index contributed by atoms with van der Waals surface area (Å²) in [6.07, 6.45) is 3.73. The van der Waals surface area contributed by atoms with E-state index in [0.29, 0.717) is 0 Å². The molecule has 4 aromatic heterocycles. The maximum absolute atomic E-state index is 4.97. The monoisotopic (exact) mass is 934 g/mol.